The first kappa shape index (κ1) is 7.59. The van der Waals surface area contributed by atoms with Gasteiger partial charge in [0.15, 0.2) is 0 Å². The molecule has 0 aliphatic heterocycles. The van der Waals surface area contributed by atoms with Crippen LogP contribution in [0.25, 0.3) is 0 Å². The van der Waals surface area contributed by atoms with Crippen molar-refractivity contribution in [1.29, 1.82) is 0 Å². The van der Waals surface area contributed by atoms with Crippen molar-refractivity contribution < 1.29 is 4.79 Å². The van der Waals surface area contributed by atoms with Crippen molar-refractivity contribution in [3.63, 3.8) is 0 Å². The topological polar surface area (TPSA) is 60.7 Å². The minimum absolute atomic E-state index is 0.227. The smallest absolute Gasteiger partial charge is 0.267 e. The highest BCUT2D eigenvalue weighted by Crippen LogP contribution is 1.90. The third-order valence-corrected chi connectivity index (χ3v) is 0.987. The third kappa shape index (κ3) is 1.96. The summed E-state index contributed by atoms with van der Waals surface area (Å²) < 4.78 is 1.08. The fourth-order valence-corrected chi connectivity index (χ4v) is 0.575. The maximum Gasteiger partial charge on any atom is 0.273 e. The lowest BCUT2D eigenvalue weighted by atomic mass is 10.3. The molecule has 1 heterocycles. The van der Waals surface area contributed by atoms with E-state index in [9.17, 15) is 4.79 Å². The van der Waals surface area contributed by atoms with Crippen molar-refractivity contribution >= 4 is 5.91 Å². The Labute approximate surface area is 63.7 Å². The molecule has 1 rings (SSSR count). The van der Waals surface area contributed by atoms with Crippen LogP contribution in [0.3, 0.4) is 0 Å². The summed E-state index contributed by atoms with van der Waals surface area (Å²) in [6, 6.07) is 0. The first-order chi connectivity index (χ1) is 5.20. The predicted octanol–water partition coefficient (Wildman–Crippen LogP) is 0.279. The first-order valence-electron chi connectivity index (χ1n) is 3.12. The molecule has 0 atom stereocenters. The van der Waals surface area contributed by atoms with E-state index in [4.69, 9.17) is 0 Å². The minimum atomic E-state index is -0.227. The average molecular weight is 152 g/mol. The molecule has 0 amide bonds. The van der Waals surface area contributed by atoms with Gasteiger partial charge in [-0.15, -0.1) is 5.10 Å². The van der Waals surface area contributed by atoms with Gasteiger partial charge in [0.25, 0.3) is 5.91 Å². The molecule has 1 aromatic rings. The monoisotopic (exact) mass is 152 g/mol. The summed E-state index contributed by atoms with van der Waals surface area (Å²) in [7, 11) is 0. The van der Waals surface area contributed by atoms with Crippen LogP contribution in [0.5, 0.6) is 0 Å². The Morgan fingerprint density at radius 1 is 1.55 bits per heavy atom. The maximum atomic E-state index is 11.1. The van der Waals surface area contributed by atoms with Gasteiger partial charge in [-0.05, 0) is 24.3 Å². The minimum Gasteiger partial charge on any atom is -0.267 e. The first-order valence-corrected chi connectivity index (χ1v) is 3.12. The van der Waals surface area contributed by atoms with E-state index >= 15 is 0 Å². The summed E-state index contributed by atoms with van der Waals surface area (Å²) in [5.41, 5.74) is 0.922. The quantitative estimate of drug-likeness (QED) is 0.428. The number of carbonyl (C=O) groups is 1. The summed E-state index contributed by atoms with van der Waals surface area (Å²) in [5, 5.41) is 10.1. The van der Waals surface area contributed by atoms with Crippen molar-refractivity contribution in [2.24, 2.45) is 0 Å². The summed E-state index contributed by atoms with van der Waals surface area (Å²) in [4.78, 5) is 11.1. The Bertz CT molecular complexity index is 271. The third-order valence-electron chi connectivity index (χ3n) is 0.987. The van der Waals surface area contributed by atoms with E-state index in [1.165, 1.54) is 12.4 Å². The molecule has 0 unspecified atom stereocenters. The van der Waals surface area contributed by atoms with Gasteiger partial charge in [0, 0.05) is 6.08 Å². The van der Waals surface area contributed by atoms with Crippen molar-refractivity contribution in [1.82, 2.24) is 20.2 Å². The van der Waals surface area contributed by atoms with Gasteiger partial charge in [0.2, 0.25) is 0 Å². The molecule has 0 N–H and O–H groups in total. The van der Waals surface area contributed by atoms with Crippen LogP contribution in [0, 0.1) is 0 Å². The number of aromatic nitrogens is 4. The van der Waals surface area contributed by atoms with E-state index in [0.717, 1.165) is 10.3 Å². The summed E-state index contributed by atoms with van der Waals surface area (Å²) in [5.74, 6) is -0.227. The lowest BCUT2D eigenvalue weighted by Crippen LogP contribution is -2.08. The van der Waals surface area contributed by atoms with E-state index in [0.29, 0.717) is 0 Å². The van der Waals surface area contributed by atoms with E-state index in [2.05, 4.69) is 15.5 Å². The van der Waals surface area contributed by atoms with Crippen molar-refractivity contribution in [2.75, 3.05) is 0 Å². The fraction of sp³-hybridized carbons (Fsp3) is 0.333. The van der Waals surface area contributed by atoms with Crippen molar-refractivity contribution in [3.05, 3.63) is 18.0 Å². The fourth-order valence-electron chi connectivity index (χ4n) is 0.575. The van der Waals surface area contributed by atoms with Gasteiger partial charge in [0.1, 0.15) is 6.33 Å². The number of rotatable bonds is 1. The molecule has 0 radical (unpaired) electrons. The molecule has 1 aromatic heterocycles. The number of hydrogen-bond donors (Lipinski definition) is 0. The van der Waals surface area contributed by atoms with Crippen molar-refractivity contribution in [3.8, 4) is 0 Å². The summed E-state index contributed by atoms with van der Waals surface area (Å²) >= 11 is 0. The van der Waals surface area contributed by atoms with E-state index < -0.39 is 0 Å². The molecule has 0 aliphatic carbocycles. The van der Waals surface area contributed by atoms with Gasteiger partial charge >= 0.3 is 0 Å². The Hall–Kier alpha value is -1.52. The van der Waals surface area contributed by atoms with Gasteiger partial charge in [-0.3, -0.25) is 4.79 Å². The second-order valence-corrected chi connectivity index (χ2v) is 2.31. The Balaban J connectivity index is 2.80. The molecule has 0 bridgehead atoms. The van der Waals surface area contributed by atoms with Gasteiger partial charge in [-0.2, -0.15) is 4.68 Å². The van der Waals surface area contributed by atoms with Gasteiger partial charge in [-0.25, -0.2) is 0 Å². The standard InChI is InChI=1S/C6H8N4O/c1-5(2)3-6(11)10-4-7-8-9-10/h3-4H,1-2H3. The summed E-state index contributed by atoms with van der Waals surface area (Å²) in [6.45, 7) is 3.67. The molecule has 0 fully saturated rings. The van der Waals surface area contributed by atoms with Gasteiger partial charge in [0.05, 0.1) is 0 Å². The number of tetrazole rings is 1. The lowest BCUT2D eigenvalue weighted by Gasteiger charge is -1.90. The molecular formula is C6H8N4O. The second-order valence-electron chi connectivity index (χ2n) is 2.31. The molecule has 5 heteroatoms. The Morgan fingerprint density at radius 2 is 2.27 bits per heavy atom. The molecule has 0 saturated carbocycles. The maximum absolute atomic E-state index is 11.1. The highest BCUT2D eigenvalue weighted by atomic mass is 16.2. The zero-order chi connectivity index (χ0) is 8.27. The van der Waals surface area contributed by atoms with Crippen LogP contribution >= 0.6 is 0 Å². The predicted molar refractivity (Wildman–Crippen MR) is 37.9 cm³/mol. The molecule has 11 heavy (non-hydrogen) atoms. The second kappa shape index (κ2) is 3.05. The average Bonchev–Trinajstić information content (AvgIpc) is 2.35. The van der Waals surface area contributed by atoms with E-state index in [-0.39, 0.29) is 5.91 Å². The van der Waals surface area contributed by atoms with E-state index in [1.807, 2.05) is 13.8 Å². The zero-order valence-electron chi connectivity index (χ0n) is 6.35. The van der Waals surface area contributed by atoms with Gasteiger partial charge in [-0.1, -0.05) is 5.57 Å². The largest absolute Gasteiger partial charge is 0.273 e. The van der Waals surface area contributed by atoms with Crippen LogP contribution in [0.4, 0.5) is 0 Å². The lowest BCUT2D eigenvalue weighted by molar-refractivity contribution is 0.0951. The zero-order valence-corrected chi connectivity index (χ0v) is 6.35. The van der Waals surface area contributed by atoms with Crippen LogP contribution in [0.1, 0.15) is 18.6 Å². The normalized spacial score (nSPS) is 9.27. The molecular weight excluding hydrogens is 144 g/mol. The van der Waals surface area contributed by atoms with Crippen LogP contribution in [0.15, 0.2) is 18.0 Å². The number of nitrogens with zero attached hydrogens (tertiary/aromatic N) is 4. The molecule has 0 spiro atoms. The Morgan fingerprint density at radius 3 is 2.73 bits per heavy atom. The number of carbonyl (C=O) groups excluding carboxylic acids is 1. The Kier molecular flexibility index (Phi) is 2.10. The van der Waals surface area contributed by atoms with E-state index in [1.54, 1.807) is 0 Å². The SMILES string of the molecule is CC(C)=CC(=O)n1cnnn1. The highest BCUT2D eigenvalue weighted by Gasteiger charge is 1.99. The highest BCUT2D eigenvalue weighted by molar-refractivity contribution is 5.89. The number of hydrogen-bond acceptors (Lipinski definition) is 4. The van der Waals surface area contributed by atoms with Gasteiger partial charge < -0.3 is 0 Å². The molecule has 5 nitrogen and oxygen atoms in total. The number of allylic oxidation sites excluding steroid dienone is 2. The van der Waals surface area contributed by atoms with Crippen LogP contribution in [-0.4, -0.2) is 26.1 Å². The summed E-state index contributed by atoms with van der Waals surface area (Å²) in [6.07, 6.45) is 2.73. The molecule has 58 valence electrons. The van der Waals surface area contributed by atoms with Crippen LogP contribution < -0.4 is 0 Å². The van der Waals surface area contributed by atoms with Crippen molar-refractivity contribution in [2.45, 2.75) is 13.8 Å². The molecule has 0 aliphatic rings. The molecule has 0 saturated heterocycles. The van der Waals surface area contributed by atoms with Crippen LogP contribution in [0.2, 0.25) is 0 Å². The van der Waals surface area contributed by atoms with Crippen LogP contribution in [-0.2, 0) is 0 Å². The molecule has 0 aromatic carbocycles.